The number of unbranched alkanes of at least 4 members (excludes halogenated alkanes) is 5. The Morgan fingerprint density at radius 3 is 2.71 bits per heavy atom. The summed E-state index contributed by atoms with van der Waals surface area (Å²) in [6.45, 7) is 3.45. The lowest BCUT2D eigenvalue weighted by Gasteiger charge is -2.10. The van der Waals surface area contributed by atoms with Crippen LogP contribution in [0, 0.1) is 0 Å². The minimum atomic E-state index is 0.291. The van der Waals surface area contributed by atoms with Crippen LogP contribution >= 0.6 is 12.2 Å². The molecule has 1 heterocycles. The van der Waals surface area contributed by atoms with E-state index in [1.165, 1.54) is 32.1 Å². The van der Waals surface area contributed by atoms with Crippen LogP contribution in [0.3, 0.4) is 0 Å². The molecule has 5 heteroatoms. The van der Waals surface area contributed by atoms with E-state index in [-0.39, 0.29) is 0 Å². The Hall–Kier alpha value is -1.49. The van der Waals surface area contributed by atoms with Crippen LogP contribution in [0.5, 0.6) is 11.5 Å². The van der Waals surface area contributed by atoms with E-state index in [0.717, 1.165) is 30.2 Å². The van der Waals surface area contributed by atoms with Gasteiger partial charge in [0.15, 0.2) is 16.6 Å². The van der Waals surface area contributed by atoms with Crippen molar-refractivity contribution in [3.8, 4) is 11.5 Å². The van der Waals surface area contributed by atoms with Gasteiger partial charge in [0, 0.05) is 18.3 Å². The Kier molecular flexibility index (Phi) is 6.60. The summed E-state index contributed by atoms with van der Waals surface area (Å²) in [5, 5.41) is 7.06. The first-order chi connectivity index (χ1) is 10.3. The lowest BCUT2D eigenvalue weighted by Crippen LogP contribution is -2.29. The van der Waals surface area contributed by atoms with Crippen molar-refractivity contribution < 1.29 is 9.47 Å². The third-order valence-corrected chi connectivity index (χ3v) is 3.69. The molecule has 2 rings (SSSR count). The van der Waals surface area contributed by atoms with E-state index >= 15 is 0 Å². The van der Waals surface area contributed by atoms with Gasteiger partial charge in [0.2, 0.25) is 6.79 Å². The molecule has 1 aliphatic rings. The number of ether oxygens (including phenoxy) is 2. The van der Waals surface area contributed by atoms with Gasteiger partial charge in [-0.05, 0) is 30.8 Å². The first-order valence-electron chi connectivity index (χ1n) is 7.74. The van der Waals surface area contributed by atoms with E-state index in [1.54, 1.807) is 0 Å². The van der Waals surface area contributed by atoms with Crippen molar-refractivity contribution in [3.05, 3.63) is 18.2 Å². The fourth-order valence-corrected chi connectivity index (χ4v) is 2.48. The topological polar surface area (TPSA) is 42.5 Å². The Morgan fingerprint density at radius 1 is 1.10 bits per heavy atom. The third kappa shape index (κ3) is 5.42. The van der Waals surface area contributed by atoms with Crippen LogP contribution in [0.2, 0.25) is 0 Å². The molecule has 4 nitrogen and oxygen atoms in total. The lowest BCUT2D eigenvalue weighted by atomic mass is 10.1. The van der Waals surface area contributed by atoms with Crippen molar-refractivity contribution in [2.24, 2.45) is 0 Å². The van der Waals surface area contributed by atoms with Crippen molar-refractivity contribution >= 4 is 23.0 Å². The Morgan fingerprint density at radius 2 is 1.86 bits per heavy atom. The van der Waals surface area contributed by atoms with Gasteiger partial charge < -0.3 is 20.1 Å². The average Bonchev–Trinajstić information content (AvgIpc) is 2.94. The van der Waals surface area contributed by atoms with Crippen molar-refractivity contribution in [3.63, 3.8) is 0 Å². The van der Waals surface area contributed by atoms with Crippen LogP contribution < -0.4 is 20.1 Å². The number of hydrogen-bond donors (Lipinski definition) is 2. The average molecular weight is 308 g/mol. The molecule has 0 aliphatic carbocycles. The van der Waals surface area contributed by atoms with Crippen LogP contribution in [-0.2, 0) is 0 Å². The van der Waals surface area contributed by atoms with Crippen molar-refractivity contribution in [1.29, 1.82) is 0 Å². The van der Waals surface area contributed by atoms with E-state index in [9.17, 15) is 0 Å². The molecule has 0 fully saturated rings. The van der Waals surface area contributed by atoms with Gasteiger partial charge in [0.1, 0.15) is 0 Å². The van der Waals surface area contributed by atoms with E-state index < -0.39 is 0 Å². The summed E-state index contributed by atoms with van der Waals surface area (Å²) in [6.07, 6.45) is 7.72. The molecule has 0 bridgehead atoms. The van der Waals surface area contributed by atoms with Gasteiger partial charge in [-0.2, -0.15) is 0 Å². The predicted octanol–water partition coefficient (Wildman–Crippen LogP) is 4.06. The predicted molar refractivity (Wildman–Crippen MR) is 90.2 cm³/mol. The first kappa shape index (κ1) is 15.9. The standard InChI is InChI=1S/C16H24N2O2S/c1-2-3-4-5-6-7-10-17-16(21)18-13-8-9-14-15(11-13)20-12-19-14/h8-9,11H,2-7,10,12H2,1H3,(H2,17,18,21). The number of benzene rings is 1. The molecular weight excluding hydrogens is 284 g/mol. The summed E-state index contributed by atoms with van der Waals surface area (Å²) in [5.74, 6) is 1.55. The number of nitrogens with one attached hydrogen (secondary N) is 2. The minimum absolute atomic E-state index is 0.291. The summed E-state index contributed by atoms with van der Waals surface area (Å²) in [5.41, 5.74) is 0.916. The molecule has 1 aliphatic heterocycles. The van der Waals surface area contributed by atoms with Gasteiger partial charge in [0.05, 0.1) is 0 Å². The molecular formula is C16H24N2O2S. The van der Waals surface area contributed by atoms with E-state index in [4.69, 9.17) is 21.7 Å². The van der Waals surface area contributed by atoms with E-state index in [2.05, 4.69) is 17.6 Å². The Labute approximate surface area is 132 Å². The monoisotopic (exact) mass is 308 g/mol. The fourth-order valence-electron chi connectivity index (χ4n) is 2.26. The number of hydrogen-bond acceptors (Lipinski definition) is 3. The quantitative estimate of drug-likeness (QED) is 0.560. The maximum atomic E-state index is 5.34. The van der Waals surface area contributed by atoms with E-state index in [0.29, 0.717) is 11.9 Å². The van der Waals surface area contributed by atoms with Crippen LogP contribution in [0.25, 0.3) is 0 Å². The zero-order valence-corrected chi connectivity index (χ0v) is 13.4. The highest BCUT2D eigenvalue weighted by Gasteiger charge is 2.13. The molecule has 0 saturated carbocycles. The molecule has 116 valence electrons. The molecule has 0 atom stereocenters. The van der Waals surface area contributed by atoms with Gasteiger partial charge in [-0.3, -0.25) is 0 Å². The highest BCUT2D eigenvalue weighted by Crippen LogP contribution is 2.34. The number of rotatable bonds is 8. The molecule has 0 saturated heterocycles. The maximum Gasteiger partial charge on any atom is 0.231 e. The molecule has 1 aromatic carbocycles. The summed E-state index contributed by atoms with van der Waals surface area (Å²) < 4.78 is 10.6. The zero-order chi connectivity index (χ0) is 14.9. The SMILES string of the molecule is CCCCCCCCNC(=S)Nc1ccc2c(c1)OCO2. The largest absolute Gasteiger partial charge is 0.454 e. The van der Waals surface area contributed by atoms with Crippen molar-refractivity contribution in [2.45, 2.75) is 45.4 Å². The van der Waals surface area contributed by atoms with Crippen LogP contribution in [0.1, 0.15) is 45.4 Å². The number of anilines is 1. The highest BCUT2D eigenvalue weighted by molar-refractivity contribution is 7.80. The first-order valence-corrected chi connectivity index (χ1v) is 8.15. The molecule has 0 amide bonds. The molecule has 1 aromatic rings. The molecule has 21 heavy (non-hydrogen) atoms. The maximum absolute atomic E-state index is 5.34. The number of thiocarbonyl (C=S) groups is 1. The molecule has 0 unspecified atom stereocenters. The highest BCUT2D eigenvalue weighted by atomic mass is 32.1. The smallest absolute Gasteiger partial charge is 0.231 e. The second-order valence-electron chi connectivity index (χ2n) is 5.22. The second-order valence-corrected chi connectivity index (χ2v) is 5.62. The summed E-state index contributed by atoms with van der Waals surface area (Å²) >= 11 is 5.29. The van der Waals surface area contributed by atoms with E-state index in [1.807, 2.05) is 18.2 Å². The molecule has 0 spiro atoms. The van der Waals surface area contributed by atoms with Crippen molar-refractivity contribution in [1.82, 2.24) is 5.32 Å². The Bertz CT molecular complexity index is 466. The number of fused-ring (bicyclic) bond motifs is 1. The van der Waals surface area contributed by atoms with Crippen LogP contribution in [0.4, 0.5) is 5.69 Å². The van der Waals surface area contributed by atoms with Crippen LogP contribution in [-0.4, -0.2) is 18.5 Å². The molecule has 0 aromatic heterocycles. The van der Waals surface area contributed by atoms with Gasteiger partial charge in [0.25, 0.3) is 0 Å². The van der Waals surface area contributed by atoms with Gasteiger partial charge in [-0.1, -0.05) is 39.0 Å². The van der Waals surface area contributed by atoms with Gasteiger partial charge in [-0.25, -0.2) is 0 Å². The second kappa shape index (κ2) is 8.72. The summed E-state index contributed by atoms with van der Waals surface area (Å²) in [6, 6.07) is 5.73. The molecule has 0 radical (unpaired) electrons. The third-order valence-electron chi connectivity index (χ3n) is 3.45. The normalized spacial score (nSPS) is 12.2. The summed E-state index contributed by atoms with van der Waals surface area (Å²) in [7, 11) is 0. The fraction of sp³-hybridized carbons (Fsp3) is 0.562. The Balaban J connectivity index is 1.61. The molecule has 2 N–H and O–H groups in total. The summed E-state index contributed by atoms with van der Waals surface area (Å²) in [4.78, 5) is 0. The van der Waals surface area contributed by atoms with Crippen molar-refractivity contribution in [2.75, 3.05) is 18.7 Å². The zero-order valence-electron chi connectivity index (χ0n) is 12.6. The van der Waals surface area contributed by atoms with Gasteiger partial charge >= 0.3 is 0 Å². The minimum Gasteiger partial charge on any atom is -0.454 e. The lowest BCUT2D eigenvalue weighted by molar-refractivity contribution is 0.174. The van der Waals surface area contributed by atoms with Crippen LogP contribution in [0.15, 0.2) is 18.2 Å². The van der Waals surface area contributed by atoms with Gasteiger partial charge in [-0.15, -0.1) is 0 Å².